The summed E-state index contributed by atoms with van der Waals surface area (Å²) >= 11 is 0. The Kier molecular flexibility index (Phi) is 5.69. The van der Waals surface area contributed by atoms with Gasteiger partial charge in [0.15, 0.2) is 5.82 Å². The number of carbonyl (C=O) groups is 1. The lowest BCUT2D eigenvalue weighted by atomic mass is 10.2. The highest BCUT2D eigenvalue weighted by molar-refractivity contribution is 5.88. The molecule has 2 aromatic heterocycles. The topological polar surface area (TPSA) is 81.3 Å². The van der Waals surface area contributed by atoms with Crippen molar-refractivity contribution in [2.45, 2.75) is 19.4 Å². The summed E-state index contributed by atoms with van der Waals surface area (Å²) < 4.78 is 12.5. The molecule has 0 aliphatic carbocycles. The van der Waals surface area contributed by atoms with Gasteiger partial charge in [-0.1, -0.05) is 18.2 Å². The van der Waals surface area contributed by atoms with Gasteiger partial charge in [0.1, 0.15) is 11.3 Å². The number of methoxy groups -OCH3 is 1. The molecule has 132 valence electrons. The number of hydrogen-bond acceptors (Lipinski definition) is 4. The molecule has 2 amide bonds. The number of rotatable bonds is 8. The highest BCUT2D eigenvalue weighted by Crippen LogP contribution is 2.18. The Morgan fingerprint density at radius 1 is 1.32 bits per heavy atom. The fourth-order valence-electron chi connectivity index (χ4n) is 2.54. The lowest BCUT2D eigenvalue weighted by molar-refractivity contribution is 0.189. The van der Waals surface area contributed by atoms with Crippen LogP contribution in [0.25, 0.3) is 11.0 Å². The summed E-state index contributed by atoms with van der Waals surface area (Å²) in [5, 5.41) is 10.9. The molecule has 2 heterocycles. The molecular weight excluding hydrogens is 320 g/mol. The van der Waals surface area contributed by atoms with E-state index in [0.29, 0.717) is 25.4 Å². The van der Waals surface area contributed by atoms with Gasteiger partial charge in [-0.25, -0.2) is 4.79 Å². The summed E-state index contributed by atoms with van der Waals surface area (Å²) in [6, 6.07) is 11.3. The zero-order chi connectivity index (χ0) is 17.5. The number of furan rings is 1. The Labute approximate surface area is 146 Å². The van der Waals surface area contributed by atoms with Crippen LogP contribution in [-0.2, 0) is 17.7 Å². The fraction of sp³-hybridized carbons (Fsp3) is 0.333. The second-order valence-electron chi connectivity index (χ2n) is 5.69. The van der Waals surface area contributed by atoms with E-state index in [0.717, 1.165) is 29.7 Å². The van der Waals surface area contributed by atoms with Gasteiger partial charge in [0.05, 0.1) is 0 Å². The SMILES string of the molecule is COCCCn1ccc(NC(=O)NCCc2cc3ccccc3o2)n1. The molecule has 7 heteroatoms. The number of para-hydroxylation sites is 1. The van der Waals surface area contributed by atoms with Crippen LogP contribution in [0.5, 0.6) is 0 Å². The maximum Gasteiger partial charge on any atom is 0.320 e. The molecule has 0 saturated heterocycles. The zero-order valence-electron chi connectivity index (χ0n) is 14.2. The predicted octanol–water partition coefficient (Wildman–Crippen LogP) is 3.03. The number of nitrogens with zero attached hydrogens (tertiary/aromatic N) is 2. The van der Waals surface area contributed by atoms with Gasteiger partial charge in [-0.05, 0) is 18.6 Å². The quantitative estimate of drug-likeness (QED) is 0.617. The van der Waals surface area contributed by atoms with Gasteiger partial charge in [0.2, 0.25) is 0 Å². The van der Waals surface area contributed by atoms with Crippen molar-refractivity contribution in [1.82, 2.24) is 15.1 Å². The van der Waals surface area contributed by atoms with Gasteiger partial charge in [0.25, 0.3) is 0 Å². The van der Waals surface area contributed by atoms with Gasteiger partial charge in [-0.3, -0.25) is 10.00 Å². The van der Waals surface area contributed by atoms with Crippen LogP contribution >= 0.6 is 0 Å². The Hall–Kier alpha value is -2.80. The summed E-state index contributed by atoms with van der Waals surface area (Å²) in [4.78, 5) is 11.9. The van der Waals surface area contributed by atoms with Crippen LogP contribution in [0.1, 0.15) is 12.2 Å². The third-order valence-corrected chi connectivity index (χ3v) is 3.75. The maximum absolute atomic E-state index is 11.9. The largest absolute Gasteiger partial charge is 0.461 e. The molecule has 0 aliphatic heterocycles. The van der Waals surface area contributed by atoms with Crippen LogP contribution in [-0.4, -0.2) is 36.1 Å². The average Bonchev–Trinajstić information content (AvgIpc) is 3.21. The van der Waals surface area contributed by atoms with Crippen LogP contribution in [0.3, 0.4) is 0 Å². The highest BCUT2D eigenvalue weighted by atomic mass is 16.5. The maximum atomic E-state index is 11.9. The number of hydrogen-bond donors (Lipinski definition) is 2. The first-order valence-electron chi connectivity index (χ1n) is 8.29. The average molecular weight is 342 g/mol. The van der Waals surface area contributed by atoms with Crippen molar-refractivity contribution in [2.24, 2.45) is 0 Å². The summed E-state index contributed by atoms with van der Waals surface area (Å²) in [7, 11) is 1.67. The molecule has 3 rings (SSSR count). The number of benzene rings is 1. The van der Waals surface area contributed by atoms with E-state index < -0.39 is 0 Å². The van der Waals surface area contributed by atoms with Gasteiger partial charge < -0.3 is 14.5 Å². The predicted molar refractivity (Wildman–Crippen MR) is 95.7 cm³/mol. The van der Waals surface area contributed by atoms with E-state index in [1.807, 2.05) is 36.5 Å². The molecule has 0 bridgehead atoms. The van der Waals surface area contributed by atoms with E-state index in [-0.39, 0.29) is 6.03 Å². The number of aromatic nitrogens is 2. The van der Waals surface area contributed by atoms with Crippen molar-refractivity contribution in [1.29, 1.82) is 0 Å². The monoisotopic (exact) mass is 342 g/mol. The van der Waals surface area contributed by atoms with E-state index in [9.17, 15) is 4.79 Å². The van der Waals surface area contributed by atoms with Crippen molar-refractivity contribution in [2.75, 3.05) is 25.6 Å². The first-order chi connectivity index (χ1) is 12.2. The highest BCUT2D eigenvalue weighted by Gasteiger charge is 2.06. The molecule has 0 saturated carbocycles. The van der Waals surface area contributed by atoms with Crippen molar-refractivity contribution < 1.29 is 13.9 Å². The normalized spacial score (nSPS) is 10.9. The molecule has 0 fully saturated rings. The molecule has 0 aliphatic rings. The van der Waals surface area contributed by atoms with Gasteiger partial charge >= 0.3 is 6.03 Å². The fourth-order valence-corrected chi connectivity index (χ4v) is 2.54. The molecule has 0 radical (unpaired) electrons. The summed E-state index contributed by atoms with van der Waals surface area (Å²) in [5.41, 5.74) is 0.862. The minimum Gasteiger partial charge on any atom is -0.461 e. The molecule has 0 unspecified atom stereocenters. The first kappa shape index (κ1) is 17.0. The lowest BCUT2D eigenvalue weighted by Crippen LogP contribution is -2.30. The molecule has 0 spiro atoms. The zero-order valence-corrected chi connectivity index (χ0v) is 14.2. The van der Waals surface area contributed by atoms with E-state index in [1.54, 1.807) is 17.9 Å². The van der Waals surface area contributed by atoms with Crippen LogP contribution < -0.4 is 10.6 Å². The van der Waals surface area contributed by atoms with Crippen LogP contribution in [0, 0.1) is 0 Å². The minimum absolute atomic E-state index is 0.279. The summed E-state index contributed by atoms with van der Waals surface area (Å²) in [6.07, 6.45) is 3.34. The number of aryl methyl sites for hydroxylation is 1. The summed E-state index contributed by atoms with van der Waals surface area (Å²) in [6.45, 7) is 1.92. The molecule has 1 aromatic carbocycles. The van der Waals surface area contributed by atoms with E-state index >= 15 is 0 Å². The second kappa shape index (κ2) is 8.34. The summed E-state index contributed by atoms with van der Waals surface area (Å²) in [5.74, 6) is 1.38. The Morgan fingerprint density at radius 3 is 3.04 bits per heavy atom. The first-order valence-corrected chi connectivity index (χ1v) is 8.29. The number of nitrogens with one attached hydrogen (secondary N) is 2. The second-order valence-corrected chi connectivity index (χ2v) is 5.69. The van der Waals surface area contributed by atoms with E-state index in [2.05, 4.69) is 15.7 Å². The number of ether oxygens (including phenoxy) is 1. The van der Waals surface area contributed by atoms with Gasteiger partial charge in [-0.15, -0.1) is 0 Å². The molecule has 3 aromatic rings. The Morgan fingerprint density at radius 2 is 2.20 bits per heavy atom. The van der Waals surface area contributed by atoms with Gasteiger partial charge in [-0.2, -0.15) is 5.10 Å². The number of amides is 2. The molecule has 2 N–H and O–H groups in total. The number of carbonyl (C=O) groups excluding carboxylic acids is 1. The molecule has 7 nitrogen and oxygen atoms in total. The van der Waals surface area contributed by atoms with Crippen molar-refractivity contribution in [3.05, 3.63) is 48.4 Å². The number of urea groups is 1. The number of fused-ring (bicyclic) bond motifs is 1. The lowest BCUT2D eigenvalue weighted by Gasteiger charge is -2.04. The van der Waals surface area contributed by atoms with Crippen LogP contribution in [0.4, 0.5) is 10.6 Å². The molecule has 25 heavy (non-hydrogen) atoms. The van der Waals surface area contributed by atoms with Crippen LogP contribution in [0.2, 0.25) is 0 Å². The Bertz CT molecular complexity index is 791. The standard InChI is InChI=1S/C18H22N4O3/c1-24-12-4-10-22-11-8-17(21-22)20-18(23)19-9-7-15-13-14-5-2-3-6-16(14)25-15/h2-3,5-6,8,11,13H,4,7,9-10,12H2,1H3,(H2,19,20,21,23). The van der Waals surface area contributed by atoms with E-state index in [4.69, 9.17) is 9.15 Å². The Balaban J connectivity index is 1.42. The smallest absolute Gasteiger partial charge is 0.320 e. The van der Waals surface area contributed by atoms with Crippen LogP contribution in [0.15, 0.2) is 47.0 Å². The third-order valence-electron chi connectivity index (χ3n) is 3.75. The number of anilines is 1. The molecular formula is C18H22N4O3. The van der Waals surface area contributed by atoms with E-state index in [1.165, 1.54) is 0 Å². The van der Waals surface area contributed by atoms with Gasteiger partial charge in [0, 0.05) is 50.9 Å². The molecule has 0 atom stereocenters. The minimum atomic E-state index is -0.279. The van der Waals surface area contributed by atoms with Crippen molar-refractivity contribution in [3.63, 3.8) is 0 Å². The van der Waals surface area contributed by atoms with Crippen molar-refractivity contribution in [3.8, 4) is 0 Å². The van der Waals surface area contributed by atoms with Crippen molar-refractivity contribution >= 4 is 22.8 Å². The third kappa shape index (κ3) is 4.84.